The van der Waals surface area contributed by atoms with Crippen LogP contribution < -0.4 is 5.84 Å². The molecule has 0 bridgehead atoms. The van der Waals surface area contributed by atoms with Gasteiger partial charge in [0.05, 0.1) is 6.07 Å². The zero-order chi connectivity index (χ0) is 8.85. The van der Waals surface area contributed by atoms with E-state index >= 15 is 0 Å². The Balaban J connectivity index is 4.15. The maximum absolute atomic E-state index is 10.7. The van der Waals surface area contributed by atoms with Crippen LogP contribution in [0.15, 0.2) is 12.7 Å². The molecule has 0 rings (SSSR count). The molecule has 11 heavy (non-hydrogen) atoms. The van der Waals surface area contributed by atoms with E-state index in [4.69, 9.17) is 11.1 Å². The summed E-state index contributed by atoms with van der Waals surface area (Å²) in [5.41, 5.74) is 0. The number of hydrogen-bond acceptors (Lipinski definition) is 4. The van der Waals surface area contributed by atoms with Crippen LogP contribution in [0.4, 0.5) is 0 Å². The van der Waals surface area contributed by atoms with Crippen LogP contribution in [0.1, 0.15) is 6.42 Å². The van der Waals surface area contributed by atoms with Gasteiger partial charge in [-0.05, 0) is 6.08 Å². The molecular formula is C6H7N3O2. The fourth-order valence-electron chi connectivity index (χ4n) is 0.374. The second kappa shape index (κ2) is 4.19. The van der Waals surface area contributed by atoms with E-state index in [1.165, 1.54) is 0 Å². The Morgan fingerprint density at radius 1 is 1.73 bits per heavy atom. The Morgan fingerprint density at radius 3 is 2.64 bits per heavy atom. The number of hydrazine groups is 1. The predicted octanol–water partition coefficient (Wildman–Crippen LogP) is -0.685. The van der Waals surface area contributed by atoms with E-state index in [9.17, 15) is 9.59 Å². The van der Waals surface area contributed by atoms with Gasteiger partial charge in [-0.2, -0.15) is 5.26 Å². The van der Waals surface area contributed by atoms with E-state index in [0.717, 1.165) is 6.08 Å². The zero-order valence-corrected chi connectivity index (χ0v) is 5.78. The molecule has 0 aromatic carbocycles. The number of nitrogens with two attached hydrogens (primary N) is 1. The molecular weight excluding hydrogens is 146 g/mol. The van der Waals surface area contributed by atoms with Gasteiger partial charge in [-0.15, -0.1) is 0 Å². The maximum Gasteiger partial charge on any atom is 0.266 e. The fraction of sp³-hybridized carbons (Fsp3) is 0.167. The highest BCUT2D eigenvalue weighted by Gasteiger charge is 2.13. The fourth-order valence-corrected chi connectivity index (χ4v) is 0.374. The Bertz CT molecular complexity index is 228. The van der Waals surface area contributed by atoms with Crippen LogP contribution in [0.5, 0.6) is 0 Å². The number of carbonyl (C=O) groups excluding carboxylic acids is 2. The summed E-state index contributed by atoms with van der Waals surface area (Å²) in [5.74, 6) is 3.51. The maximum atomic E-state index is 10.7. The smallest absolute Gasteiger partial charge is 0.266 e. The first kappa shape index (κ1) is 9.33. The Labute approximate surface area is 63.7 Å². The molecule has 58 valence electrons. The molecule has 0 saturated heterocycles. The third kappa shape index (κ3) is 2.60. The largest absolute Gasteiger partial charge is 0.272 e. The molecule has 0 aliphatic carbocycles. The molecule has 0 aromatic heterocycles. The number of rotatable bonds is 2. The molecule has 0 fully saturated rings. The van der Waals surface area contributed by atoms with Gasteiger partial charge in [-0.3, -0.25) is 9.59 Å². The van der Waals surface area contributed by atoms with Crippen molar-refractivity contribution in [3.05, 3.63) is 12.7 Å². The van der Waals surface area contributed by atoms with Crippen LogP contribution in [0.25, 0.3) is 0 Å². The summed E-state index contributed by atoms with van der Waals surface area (Å²) in [4.78, 5) is 21.2. The molecule has 0 spiro atoms. The lowest BCUT2D eigenvalue weighted by atomic mass is 10.4. The minimum absolute atomic E-state index is 0.357. The number of nitriles is 1. The molecule has 5 nitrogen and oxygen atoms in total. The van der Waals surface area contributed by atoms with Crippen molar-refractivity contribution in [3.63, 3.8) is 0 Å². The number of imide groups is 1. The number of amides is 2. The first-order valence-corrected chi connectivity index (χ1v) is 2.74. The van der Waals surface area contributed by atoms with Gasteiger partial charge in [0.1, 0.15) is 6.42 Å². The van der Waals surface area contributed by atoms with E-state index in [1.54, 1.807) is 6.07 Å². The van der Waals surface area contributed by atoms with E-state index < -0.39 is 18.2 Å². The summed E-state index contributed by atoms with van der Waals surface area (Å²) < 4.78 is 0. The van der Waals surface area contributed by atoms with E-state index in [2.05, 4.69) is 6.58 Å². The molecule has 0 aliphatic rings. The SMILES string of the molecule is C=CC(=O)N(N)C(=O)CC#N. The van der Waals surface area contributed by atoms with Gasteiger partial charge in [-0.25, -0.2) is 10.9 Å². The van der Waals surface area contributed by atoms with Crippen molar-refractivity contribution in [1.29, 1.82) is 5.26 Å². The standard InChI is InChI=1S/C6H7N3O2/c1-2-5(10)9(8)6(11)3-4-7/h2H,1,3,8H2. The molecule has 0 aliphatic heterocycles. The third-order valence-electron chi connectivity index (χ3n) is 0.911. The van der Waals surface area contributed by atoms with Crippen LogP contribution in [-0.2, 0) is 9.59 Å². The highest BCUT2D eigenvalue weighted by Crippen LogP contribution is 1.87. The molecule has 0 heterocycles. The second-order valence-corrected chi connectivity index (χ2v) is 1.64. The lowest BCUT2D eigenvalue weighted by Crippen LogP contribution is -2.41. The summed E-state index contributed by atoms with van der Waals surface area (Å²) in [5, 5.41) is 8.41. The first-order valence-electron chi connectivity index (χ1n) is 2.74. The normalized spacial score (nSPS) is 8.00. The topological polar surface area (TPSA) is 87.2 Å². The molecule has 0 saturated carbocycles. The van der Waals surface area contributed by atoms with Crippen molar-refractivity contribution >= 4 is 11.8 Å². The molecule has 0 radical (unpaired) electrons. The Morgan fingerprint density at radius 2 is 2.27 bits per heavy atom. The zero-order valence-electron chi connectivity index (χ0n) is 5.78. The van der Waals surface area contributed by atoms with Crippen molar-refractivity contribution < 1.29 is 9.59 Å². The number of hydrogen-bond donors (Lipinski definition) is 1. The Kier molecular flexibility index (Phi) is 3.56. The van der Waals surface area contributed by atoms with Crippen molar-refractivity contribution in [2.45, 2.75) is 6.42 Å². The predicted molar refractivity (Wildman–Crippen MR) is 36.5 cm³/mol. The van der Waals surface area contributed by atoms with Crippen LogP contribution in [0.3, 0.4) is 0 Å². The van der Waals surface area contributed by atoms with Crippen LogP contribution in [0.2, 0.25) is 0 Å². The van der Waals surface area contributed by atoms with Gasteiger partial charge in [0.25, 0.3) is 11.8 Å². The second-order valence-electron chi connectivity index (χ2n) is 1.64. The monoisotopic (exact) mass is 153 g/mol. The first-order chi connectivity index (χ1) is 5.13. The average Bonchev–Trinajstić information content (AvgIpc) is 2.02. The van der Waals surface area contributed by atoms with Gasteiger partial charge < -0.3 is 0 Å². The Hall–Kier alpha value is -1.67. The highest BCUT2D eigenvalue weighted by molar-refractivity contribution is 6.00. The van der Waals surface area contributed by atoms with Crippen LogP contribution >= 0.6 is 0 Å². The number of nitrogens with zero attached hydrogens (tertiary/aromatic N) is 2. The van der Waals surface area contributed by atoms with Gasteiger partial charge in [-0.1, -0.05) is 6.58 Å². The van der Waals surface area contributed by atoms with Gasteiger partial charge in [0.15, 0.2) is 0 Å². The summed E-state index contributed by atoms with van der Waals surface area (Å²) in [7, 11) is 0. The number of carbonyl (C=O) groups is 2. The quantitative estimate of drug-likeness (QED) is 0.246. The van der Waals surface area contributed by atoms with E-state index in [-0.39, 0.29) is 0 Å². The minimum Gasteiger partial charge on any atom is -0.272 e. The summed E-state index contributed by atoms with van der Waals surface area (Å²) in [6, 6.07) is 1.57. The lowest BCUT2D eigenvalue weighted by molar-refractivity contribution is -0.141. The highest BCUT2D eigenvalue weighted by atomic mass is 16.2. The van der Waals surface area contributed by atoms with Gasteiger partial charge in [0, 0.05) is 0 Å². The van der Waals surface area contributed by atoms with Crippen LogP contribution in [0, 0.1) is 11.3 Å². The molecule has 2 amide bonds. The van der Waals surface area contributed by atoms with Crippen LogP contribution in [-0.4, -0.2) is 16.8 Å². The molecule has 2 N–H and O–H groups in total. The van der Waals surface area contributed by atoms with Gasteiger partial charge >= 0.3 is 0 Å². The molecule has 0 unspecified atom stereocenters. The van der Waals surface area contributed by atoms with Crippen molar-refractivity contribution in [3.8, 4) is 6.07 Å². The molecule has 0 atom stereocenters. The van der Waals surface area contributed by atoms with Crippen molar-refractivity contribution in [2.75, 3.05) is 0 Å². The third-order valence-corrected chi connectivity index (χ3v) is 0.911. The van der Waals surface area contributed by atoms with E-state index in [1.807, 2.05) is 0 Å². The molecule has 0 aromatic rings. The van der Waals surface area contributed by atoms with E-state index in [0.29, 0.717) is 5.01 Å². The minimum atomic E-state index is -0.739. The van der Waals surface area contributed by atoms with Crippen molar-refractivity contribution in [2.24, 2.45) is 5.84 Å². The average molecular weight is 153 g/mol. The molecule has 5 heteroatoms. The summed E-state index contributed by atoms with van der Waals surface area (Å²) >= 11 is 0. The van der Waals surface area contributed by atoms with Gasteiger partial charge in [0.2, 0.25) is 0 Å². The van der Waals surface area contributed by atoms with Crippen molar-refractivity contribution in [1.82, 2.24) is 5.01 Å². The summed E-state index contributed by atoms with van der Waals surface area (Å²) in [6.45, 7) is 3.12. The lowest BCUT2D eigenvalue weighted by Gasteiger charge is -2.08. The summed E-state index contributed by atoms with van der Waals surface area (Å²) in [6.07, 6.45) is 0.491.